The fourth-order valence-electron chi connectivity index (χ4n) is 1.59. The van der Waals surface area contributed by atoms with Gasteiger partial charge in [0.25, 0.3) is 0 Å². The minimum atomic E-state index is -0.650. The van der Waals surface area contributed by atoms with Gasteiger partial charge in [0.05, 0.1) is 7.11 Å². The first-order chi connectivity index (χ1) is 7.10. The highest BCUT2D eigenvalue weighted by Gasteiger charge is 2.54. The van der Waals surface area contributed by atoms with Crippen molar-refractivity contribution in [3.8, 4) is 0 Å². The van der Waals surface area contributed by atoms with Gasteiger partial charge in [0, 0.05) is 13.1 Å². The maximum Gasteiger partial charge on any atom is 0.333 e. The van der Waals surface area contributed by atoms with Gasteiger partial charge in [-0.05, 0) is 18.9 Å². The van der Waals surface area contributed by atoms with E-state index in [1.807, 2.05) is 0 Å². The lowest BCUT2D eigenvalue weighted by molar-refractivity contribution is -0.146. The van der Waals surface area contributed by atoms with Crippen LogP contribution in [-0.2, 0) is 15.1 Å². The molecule has 0 aromatic carbocycles. The highest BCUT2D eigenvalue weighted by Crippen LogP contribution is 2.44. The zero-order chi connectivity index (χ0) is 11.1. The fraction of sp³-hybridized carbons (Fsp3) is 0.500. The minimum absolute atomic E-state index is 0.102. The molecule has 15 heavy (non-hydrogen) atoms. The summed E-state index contributed by atoms with van der Waals surface area (Å²) in [5.41, 5.74) is -0.271. The minimum Gasteiger partial charge on any atom is -0.467 e. The molecule has 0 atom stereocenters. The molecule has 2 rings (SSSR count). The molecule has 0 radical (unpaired) electrons. The lowest BCUT2D eigenvalue weighted by Crippen LogP contribution is -2.29. The molecular formula is C10H12N2O3. The Morgan fingerprint density at radius 1 is 1.53 bits per heavy atom. The van der Waals surface area contributed by atoms with E-state index >= 15 is 0 Å². The van der Waals surface area contributed by atoms with Gasteiger partial charge in [0.2, 0.25) is 0 Å². The third-order valence-electron chi connectivity index (χ3n) is 2.68. The molecule has 0 unspecified atom stereocenters. The van der Waals surface area contributed by atoms with Crippen LogP contribution in [0, 0.1) is 0 Å². The van der Waals surface area contributed by atoms with Crippen molar-refractivity contribution in [2.45, 2.75) is 25.3 Å². The van der Waals surface area contributed by atoms with E-state index in [0.29, 0.717) is 5.69 Å². The Hall–Kier alpha value is -1.65. The van der Waals surface area contributed by atoms with Crippen LogP contribution >= 0.6 is 0 Å². The lowest BCUT2D eigenvalue weighted by Gasteiger charge is -2.12. The number of hydrogen-bond donors (Lipinski definition) is 0. The van der Waals surface area contributed by atoms with Gasteiger partial charge in [-0.15, -0.1) is 0 Å². The highest BCUT2D eigenvalue weighted by atomic mass is 16.5. The largest absolute Gasteiger partial charge is 0.467 e. The average molecular weight is 208 g/mol. The van der Waals surface area contributed by atoms with Crippen molar-refractivity contribution in [1.82, 2.24) is 9.78 Å². The van der Waals surface area contributed by atoms with E-state index in [1.165, 1.54) is 18.7 Å². The molecular weight excluding hydrogens is 196 g/mol. The van der Waals surface area contributed by atoms with Crippen LogP contribution in [-0.4, -0.2) is 28.6 Å². The van der Waals surface area contributed by atoms with Crippen LogP contribution in [0.4, 0.5) is 0 Å². The van der Waals surface area contributed by atoms with Gasteiger partial charge in [0.15, 0.2) is 11.3 Å². The first-order valence-electron chi connectivity index (χ1n) is 4.76. The molecule has 0 amide bonds. The van der Waals surface area contributed by atoms with Crippen LogP contribution in [0.5, 0.6) is 0 Å². The van der Waals surface area contributed by atoms with Crippen molar-refractivity contribution >= 4 is 11.8 Å². The van der Waals surface area contributed by atoms with Gasteiger partial charge in [-0.25, -0.2) is 4.79 Å². The molecule has 1 aromatic heterocycles. The highest BCUT2D eigenvalue weighted by molar-refractivity contribution is 5.92. The second-order valence-corrected chi connectivity index (χ2v) is 3.72. The normalized spacial score (nSPS) is 17.2. The number of ether oxygens (including phenoxy) is 1. The Balaban J connectivity index is 2.30. The molecule has 0 spiro atoms. The Morgan fingerprint density at radius 3 is 2.60 bits per heavy atom. The number of carbonyl (C=O) groups excluding carboxylic acids is 2. The number of methoxy groups -OCH3 is 1. The third kappa shape index (κ3) is 1.44. The van der Waals surface area contributed by atoms with E-state index in [9.17, 15) is 9.59 Å². The number of ketones is 1. The summed E-state index contributed by atoms with van der Waals surface area (Å²) >= 11 is 0. The number of nitrogens with zero attached hydrogens (tertiary/aromatic N) is 2. The molecule has 5 heteroatoms. The van der Waals surface area contributed by atoms with E-state index < -0.39 is 5.54 Å². The number of Topliss-reactive ketones (excluding diaryl/α,β-unsaturated/α-hetero) is 1. The van der Waals surface area contributed by atoms with Crippen LogP contribution in [0.1, 0.15) is 30.3 Å². The van der Waals surface area contributed by atoms with Gasteiger partial charge in [-0.1, -0.05) is 0 Å². The maximum atomic E-state index is 11.5. The van der Waals surface area contributed by atoms with Gasteiger partial charge >= 0.3 is 5.97 Å². The smallest absolute Gasteiger partial charge is 0.333 e. The standard InChI is InChI=1S/C10H12N2O3/c1-7(13)8-3-6-12(11-8)10(4-5-10)9(14)15-2/h3,6H,4-5H2,1-2H3. The zero-order valence-electron chi connectivity index (χ0n) is 8.69. The maximum absolute atomic E-state index is 11.5. The van der Waals surface area contributed by atoms with Gasteiger partial charge in [0.1, 0.15) is 5.69 Å². The predicted octanol–water partition coefficient (Wildman–Crippen LogP) is 0.748. The van der Waals surface area contributed by atoms with Crippen molar-refractivity contribution in [1.29, 1.82) is 0 Å². The molecule has 1 fully saturated rings. The van der Waals surface area contributed by atoms with E-state index in [4.69, 9.17) is 4.74 Å². The lowest BCUT2D eigenvalue weighted by atomic mass is 10.3. The summed E-state index contributed by atoms with van der Waals surface area (Å²) in [5, 5.41) is 4.08. The van der Waals surface area contributed by atoms with Crippen molar-refractivity contribution in [3.63, 3.8) is 0 Å². The topological polar surface area (TPSA) is 61.2 Å². The fourth-order valence-corrected chi connectivity index (χ4v) is 1.59. The Bertz CT molecular complexity index is 418. The van der Waals surface area contributed by atoms with Gasteiger partial charge in [-0.3, -0.25) is 9.48 Å². The van der Waals surface area contributed by atoms with Gasteiger partial charge < -0.3 is 4.74 Å². The Kier molecular flexibility index (Phi) is 2.10. The Morgan fingerprint density at radius 2 is 2.20 bits per heavy atom. The van der Waals surface area contributed by atoms with Crippen LogP contribution in [0.2, 0.25) is 0 Å². The number of aromatic nitrogens is 2. The molecule has 1 aliphatic rings. The molecule has 80 valence electrons. The number of hydrogen-bond acceptors (Lipinski definition) is 4. The third-order valence-corrected chi connectivity index (χ3v) is 2.68. The summed E-state index contributed by atoms with van der Waals surface area (Å²) in [6, 6.07) is 1.62. The first kappa shape index (κ1) is 9.89. The van der Waals surface area contributed by atoms with Gasteiger partial charge in [-0.2, -0.15) is 5.10 Å². The molecule has 0 N–H and O–H groups in total. The summed E-state index contributed by atoms with van der Waals surface area (Å²) in [6.07, 6.45) is 3.10. The number of esters is 1. The van der Waals surface area contributed by atoms with Crippen LogP contribution in [0.15, 0.2) is 12.3 Å². The summed E-state index contributed by atoms with van der Waals surface area (Å²) in [5.74, 6) is -0.393. The molecule has 0 aliphatic heterocycles. The number of carbonyl (C=O) groups is 2. The summed E-state index contributed by atoms with van der Waals surface area (Å²) < 4.78 is 6.25. The Labute approximate surface area is 87.0 Å². The van der Waals surface area contributed by atoms with Crippen molar-refractivity contribution in [2.75, 3.05) is 7.11 Å². The van der Waals surface area contributed by atoms with Crippen LogP contribution in [0.3, 0.4) is 0 Å². The van der Waals surface area contributed by atoms with E-state index in [0.717, 1.165) is 12.8 Å². The SMILES string of the molecule is COC(=O)C1(n2ccc(C(C)=O)n2)CC1. The average Bonchev–Trinajstić information content (AvgIpc) is 2.87. The second kappa shape index (κ2) is 3.18. The monoisotopic (exact) mass is 208 g/mol. The first-order valence-corrected chi connectivity index (χ1v) is 4.76. The molecule has 0 bridgehead atoms. The van der Waals surface area contributed by atoms with Crippen molar-refractivity contribution < 1.29 is 14.3 Å². The van der Waals surface area contributed by atoms with Crippen molar-refractivity contribution in [3.05, 3.63) is 18.0 Å². The van der Waals surface area contributed by atoms with E-state index in [-0.39, 0.29) is 11.8 Å². The molecule has 1 saturated carbocycles. The van der Waals surface area contributed by atoms with E-state index in [2.05, 4.69) is 5.10 Å². The summed E-state index contributed by atoms with van der Waals surface area (Å²) in [6.45, 7) is 1.45. The molecule has 1 heterocycles. The second-order valence-electron chi connectivity index (χ2n) is 3.72. The summed E-state index contributed by atoms with van der Waals surface area (Å²) in [4.78, 5) is 22.6. The molecule has 5 nitrogen and oxygen atoms in total. The van der Waals surface area contributed by atoms with Crippen molar-refractivity contribution in [2.24, 2.45) is 0 Å². The molecule has 0 saturated heterocycles. The zero-order valence-corrected chi connectivity index (χ0v) is 8.69. The van der Waals surface area contributed by atoms with Crippen LogP contribution < -0.4 is 0 Å². The number of rotatable bonds is 3. The summed E-state index contributed by atoms with van der Waals surface area (Å²) in [7, 11) is 1.36. The quantitative estimate of drug-likeness (QED) is 0.543. The molecule has 1 aliphatic carbocycles. The molecule has 1 aromatic rings. The van der Waals surface area contributed by atoms with E-state index in [1.54, 1.807) is 12.3 Å². The van der Waals surface area contributed by atoms with Crippen LogP contribution in [0.25, 0.3) is 0 Å². The predicted molar refractivity (Wildman–Crippen MR) is 51.5 cm³/mol.